The minimum atomic E-state index is -1.44. The molecule has 0 radical (unpaired) electrons. The van der Waals surface area contributed by atoms with Crippen LogP contribution in [0, 0.1) is 0 Å². The van der Waals surface area contributed by atoms with E-state index in [0.717, 1.165) is 21.3 Å². The number of hydrogen-bond acceptors (Lipinski definition) is 12. The van der Waals surface area contributed by atoms with Crippen LogP contribution in [0.4, 0.5) is 5.13 Å². The number of thioether (sulfide) groups is 2. The number of carbonyl (C=O) groups excluding carboxylic acids is 3. The van der Waals surface area contributed by atoms with Gasteiger partial charge in [0.05, 0.1) is 11.7 Å². The number of pyridine rings is 1. The number of nitrogens with two attached hydrogens (primary N) is 1. The summed E-state index contributed by atoms with van der Waals surface area (Å²) >= 11 is 3.83. The van der Waals surface area contributed by atoms with Gasteiger partial charge in [0.1, 0.15) is 18.5 Å². The summed E-state index contributed by atoms with van der Waals surface area (Å²) in [5.74, 6) is -2.43. The molecule has 2 atom stereocenters. The van der Waals surface area contributed by atoms with Crippen LogP contribution in [-0.2, 0) is 25.8 Å². The molecule has 0 aromatic carbocycles. The van der Waals surface area contributed by atoms with Crippen LogP contribution in [0.3, 0.4) is 0 Å². The number of hydrogen-bond donors (Lipinski definition) is 2. The summed E-state index contributed by atoms with van der Waals surface area (Å²) in [4.78, 5) is 48.5. The Hall–Kier alpha value is -3.17. The molecule has 15 heteroatoms. The van der Waals surface area contributed by atoms with E-state index in [1.54, 1.807) is 11.8 Å². The third-order valence-electron chi connectivity index (χ3n) is 5.05. The quantitative estimate of drug-likeness (QED) is 0.138. The number of rotatable bonds is 8. The lowest BCUT2D eigenvalue weighted by molar-refractivity contribution is -0.689. The van der Waals surface area contributed by atoms with Gasteiger partial charge in [-0.25, -0.2) is 4.57 Å². The highest BCUT2D eigenvalue weighted by Gasteiger charge is 2.53. The zero-order chi connectivity index (χ0) is 24.4. The molecule has 2 aliphatic heterocycles. The van der Waals surface area contributed by atoms with Crippen molar-refractivity contribution in [2.75, 3.05) is 24.9 Å². The molecule has 178 valence electrons. The molecular weight excluding hydrogens is 502 g/mol. The van der Waals surface area contributed by atoms with E-state index >= 15 is 0 Å². The van der Waals surface area contributed by atoms with Crippen LogP contribution in [0.1, 0.15) is 5.82 Å². The van der Waals surface area contributed by atoms with Crippen molar-refractivity contribution in [3.63, 3.8) is 0 Å². The average molecular weight is 522 g/mol. The molecule has 0 spiro atoms. The highest BCUT2D eigenvalue weighted by Crippen LogP contribution is 2.40. The van der Waals surface area contributed by atoms with E-state index in [1.807, 2.05) is 35.3 Å². The molecule has 34 heavy (non-hydrogen) atoms. The van der Waals surface area contributed by atoms with Crippen molar-refractivity contribution in [3.05, 3.63) is 41.6 Å². The second-order valence-corrected chi connectivity index (χ2v) is 9.86. The topological polar surface area (TPSA) is 167 Å². The van der Waals surface area contributed by atoms with Gasteiger partial charge >= 0.3 is 0 Å². The number of nitrogens with one attached hydrogen (secondary N) is 1. The first-order chi connectivity index (χ1) is 16.3. The Balaban J connectivity index is 1.52. The number of carbonyl (C=O) groups is 3. The van der Waals surface area contributed by atoms with Crippen molar-refractivity contribution in [2.24, 2.45) is 5.16 Å². The number of β-lactam (4-membered cyclic amide) rings is 1. The molecule has 4 rings (SSSR count). The number of amides is 2. The Bertz CT molecular complexity index is 1200. The first-order valence-electron chi connectivity index (χ1n) is 9.76. The van der Waals surface area contributed by atoms with Gasteiger partial charge in [0.25, 0.3) is 11.8 Å². The molecule has 0 aliphatic carbocycles. The predicted molar refractivity (Wildman–Crippen MR) is 123 cm³/mol. The fourth-order valence-corrected chi connectivity index (χ4v) is 5.68. The largest absolute Gasteiger partial charge is 0.543 e. The lowest BCUT2D eigenvalue weighted by atomic mass is 10.0. The summed E-state index contributed by atoms with van der Waals surface area (Å²) < 4.78 is 5.78. The number of carboxylic acid groups (broad SMARTS) is 1. The van der Waals surface area contributed by atoms with Gasteiger partial charge in [-0.1, -0.05) is 5.16 Å². The highest BCUT2D eigenvalue weighted by molar-refractivity contribution is 8.00. The minimum absolute atomic E-state index is 0.0381. The Morgan fingerprint density at radius 3 is 2.76 bits per heavy atom. The molecule has 0 bridgehead atoms. The number of aromatic nitrogens is 3. The van der Waals surface area contributed by atoms with Crippen LogP contribution in [0.15, 0.2) is 45.8 Å². The zero-order valence-electron chi connectivity index (χ0n) is 18.0. The number of nitrogen functional groups attached to an aromatic ring is 1. The first-order valence-corrected chi connectivity index (χ1v) is 12.8. The maximum Gasteiger partial charge on any atom is 0.278 e. The van der Waals surface area contributed by atoms with Gasteiger partial charge in [-0.05, 0) is 6.26 Å². The van der Waals surface area contributed by atoms with E-state index in [1.165, 1.54) is 18.9 Å². The van der Waals surface area contributed by atoms with Gasteiger partial charge in [0, 0.05) is 39.9 Å². The summed E-state index contributed by atoms with van der Waals surface area (Å²) in [5.41, 5.74) is 5.70. The molecule has 2 aromatic rings. The number of nitrogens with zero attached hydrogens (tertiary/aromatic N) is 5. The molecule has 2 aromatic heterocycles. The number of anilines is 1. The molecule has 2 amide bonds. The Morgan fingerprint density at radius 2 is 2.18 bits per heavy atom. The van der Waals surface area contributed by atoms with Gasteiger partial charge in [-0.3, -0.25) is 14.5 Å². The van der Waals surface area contributed by atoms with Crippen molar-refractivity contribution < 1.29 is 28.9 Å². The zero-order valence-corrected chi connectivity index (χ0v) is 20.4. The standard InChI is InChI=1S/C19H19N7O5S3/c1-31-23-11(14-22-19(20)34-24-14)15(27)21-12-16(28)26-13(18(29)30)9(8-33-17(12)26)7-25-5-3-10(32-2)4-6-25/h3-6,12,17H,7-8H2,1-2H3,(H3-,20,21,22,24,27,29,30)/t12?,17-/m1/s1. The highest BCUT2D eigenvalue weighted by atomic mass is 32.2. The predicted octanol–water partition coefficient (Wildman–Crippen LogP) is -1.42. The van der Waals surface area contributed by atoms with Crippen LogP contribution in [0.25, 0.3) is 0 Å². The molecule has 0 saturated carbocycles. The van der Waals surface area contributed by atoms with Crippen LogP contribution in [-0.4, -0.2) is 68.3 Å². The van der Waals surface area contributed by atoms with Gasteiger partial charge in [0.2, 0.25) is 11.5 Å². The van der Waals surface area contributed by atoms with Crippen molar-refractivity contribution in [1.29, 1.82) is 0 Å². The number of carboxylic acids is 1. The first kappa shape index (κ1) is 24.0. The lowest BCUT2D eigenvalue weighted by Crippen LogP contribution is -2.71. The fraction of sp³-hybridized carbons (Fsp3) is 0.316. The molecule has 3 N–H and O–H groups in total. The van der Waals surface area contributed by atoms with Gasteiger partial charge in [-0.2, -0.15) is 9.36 Å². The van der Waals surface area contributed by atoms with Crippen LogP contribution in [0.5, 0.6) is 0 Å². The Kier molecular flexibility index (Phi) is 7.04. The average Bonchev–Trinajstić information content (AvgIpc) is 3.26. The van der Waals surface area contributed by atoms with E-state index in [0.29, 0.717) is 17.9 Å². The van der Waals surface area contributed by atoms with E-state index < -0.39 is 29.2 Å². The number of aliphatic carboxylic acids is 1. The second-order valence-electron chi connectivity index (χ2n) is 7.09. The van der Waals surface area contributed by atoms with E-state index in [-0.39, 0.29) is 22.4 Å². The third kappa shape index (κ3) is 4.58. The van der Waals surface area contributed by atoms with Crippen molar-refractivity contribution in [1.82, 2.24) is 19.6 Å². The van der Waals surface area contributed by atoms with Gasteiger partial charge in [0.15, 0.2) is 24.1 Å². The number of oxime groups is 1. The van der Waals surface area contributed by atoms with Crippen molar-refractivity contribution in [2.45, 2.75) is 22.9 Å². The molecule has 1 fully saturated rings. The van der Waals surface area contributed by atoms with Crippen molar-refractivity contribution in [3.8, 4) is 0 Å². The molecule has 12 nitrogen and oxygen atoms in total. The summed E-state index contributed by atoms with van der Waals surface area (Å²) in [6.45, 7) is 0.292. The SMILES string of the molecule is CON=C(C(=O)NC1C(=O)N2C(C(=O)[O-])=C(C[n+]3ccc(SC)cc3)CS[C@H]12)c1nsc(N)n1. The normalized spacial score (nSPS) is 20.0. The summed E-state index contributed by atoms with van der Waals surface area (Å²) in [5, 5.41) is 17.7. The molecule has 2 aliphatic rings. The monoisotopic (exact) mass is 521 g/mol. The molecule has 4 heterocycles. The van der Waals surface area contributed by atoms with Crippen molar-refractivity contribution >= 4 is 63.7 Å². The fourth-order valence-electron chi connectivity index (χ4n) is 3.51. The molecule has 1 saturated heterocycles. The van der Waals surface area contributed by atoms with Crippen LogP contribution < -0.4 is 20.7 Å². The van der Waals surface area contributed by atoms with E-state index in [9.17, 15) is 19.5 Å². The second kappa shape index (κ2) is 9.99. The van der Waals surface area contributed by atoms with Crippen LogP contribution >= 0.6 is 35.1 Å². The maximum atomic E-state index is 12.9. The molecular formula is C19H19N7O5S3. The Labute approximate surface area is 206 Å². The van der Waals surface area contributed by atoms with E-state index in [4.69, 9.17) is 10.6 Å². The van der Waals surface area contributed by atoms with Gasteiger partial charge in [-0.15, -0.1) is 23.5 Å². The Morgan fingerprint density at radius 1 is 1.44 bits per heavy atom. The lowest BCUT2D eigenvalue weighted by Gasteiger charge is -2.50. The third-order valence-corrected chi connectivity index (χ3v) is 7.67. The van der Waals surface area contributed by atoms with E-state index in [2.05, 4.69) is 19.8 Å². The smallest absolute Gasteiger partial charge is 0.278 e. The minimum Gasteiger partial charge on any atom is -0.543 e. The summed E-state index contributed by atoms with van der Waals surface area (Å²) in [6.07, 6.45) is 5.66. The maximum absolute atomic E-state index is 12.9. The summed E-state index contributed by atoms with van der Waals surface area (Å²) in [7, 11) is 1.25. The molecule has 1 unspecified atom stereocenters. The number of fused-ring (bicyclic) bond motifs is 1. The summed E-state index contributed by atoms with van der Waals surface area (Å²) in [6, 6.07) is 2.89. The van der Waals surface area contributed by atoms with Crippen LogP contribution in [0.2, 0.25) is 0 Å². The van der Waals surface area contributed by atoms with Gasteiger partial charge < -0.3 is 25.8 Å².